The smallest absolute Gasteiger partial charge is 0.418 e. The Kier molecular flexibility index (Phi) is 10.00. The van der Waals surface area contributed by atoms with Crippen molar-refractivity contribution in [3.8, 4) is 0 Å². The van der Waals surface area contributed by atoms with E-state index in [1.807, 2.05) is 12.1 Å². The average molecular weight is 507 g/mol. The van der Waals surface area contributed by atoms with E-state index in [0.29, 0.717) is 0 Å². The van der Waals surface area contributed by atoms with Gasteiger partial charge in [0.05, 0.1) is 23.3 Å². The van der Waals surface area contributed by atoms with Crippen LogP contribution >= 0.6 is 0 Å². The zero-order chi connectivity index (χ0) is 25.5. The third-order valence-corrected chi connectivity index (χ3v) is 18.8. The zero-order valence-corrected chi connectivity index (χ0v) is 24.2. The van der Waals surface area contributed by atoms with Gasteiger partial charge in [0, 0.05) is 11.1 Å². The second-order valence-corrected chi connectivity index (χ2v) is 19.6. The van der Waals surface area contributed by atoms with Crippen molar-refractivity contribution in [2.24, 2.45) is 0 Å². The lowest BCUT2D eigenvalue weighted by Crippen LogP contribution is -2.44. The van der Waals surface area contributed by atoms with Crippen molar-refractivity contribution in [1.29, 1.82) is 0 Å². The maximum absolute atomic E-state index is 12.4. The number of rotatable bonds is 12. The van der Waals surface area contributed by atoms with Gasteiger partial charge in [-0.3, -0.25) is 0 Å². The van der Waals surface area contributed by atoms with Gasteiger partial charge in [-0.2, -0.15) is 0 Å². The summed E-state index contributed by atoms with van der Waals surface area (Å²) in [7, 11) is -3.33. The molecule has 0 saturated carbocycles. The van der Waals surface area contributed by atoms with Gasteiger partial charge in [0.25, 0.3) is 0 Å². The van der Waals surface area contributed by atoms with Gasteiger partial charge in [0.1, 0.15) is 28.4 Å². The fraction of sp³-hybridized carbons (Fsp3) is 0.615. The highest BCUT2D eigenvalue weighted by molar-refractivity contribution is 6.91. The quantitative estimate of drug-likeness (QED) is 0.193. The molecule has 0 aliphatic carbocycles. The molecule has 2 aromatic rings. The predicted octanol–water partition coefficient (Wildman–Crippen LogP) is 6.21. The molecule has 0 amide bonds. The summed E-state index contributed by atoms with van der Waals surface area (Å²) in [6.45, 7) is 16.7. The number of esters is 2. The van der Waals surface area contributed by atoms with Crippen molar-refractivity contribution in [3.05, 3.63) is 35.8 Å². The Morgan fingerprint density at radius 1 is 0.676 bits per heavy atom. The van der Waals surface area contributed by atoms with Crippen LogP contribution in [0.3, 0.4) is 0 Å². The molecule has 2 heterocycles. The molecular formula is C26H42O6Si2. The topological polar surface area (TPSA) is 78.9 Å². The van der Waals surface area contributed by atoms with Gasteiger partial charge in [-0.15, -0.1) is 0 Å². The summed E-state index contributed by atoms with van der Waals surface area (Å²) in [5.41, 5.74) is 1.52. The molecule has 34 heavy (non-hydrogen) atoms. The van der Waals surface area contributed by atoms with Crippen LogP contribution in [-0.2, 0) is 19.1 Å². The Morgan fingerprint density at radius 2 is 0.971 bits per heavy atom. The van der Waals surface area contributed by atoms with Gasteiger partial charge in [0.15, 0.2) is 0 Å². The van der Waals surface area contributed by atoms with Crippen molar-refractivity contribution < 1.29 is 27.9 Å². The van der Waals surface area contributed by atoms with Gasteiger partial charge < -0.3 is 18.3 Å². The summed E-state index contributed by atoms with van der Waals surface area (Å²) in [5, 5.41) is 2.05. The molecule has 2 atom stereocenters. The number of hydrogen-bond donors (Lipinski definition) is 0. The van der Waals surface area contributed by atoms with Crippen molar-refractivity contribution >= 4 is 38.9 Å². The first-order chi connectivity index (χ1) is 16.1. The maximum Gasteiger partial charge on any atom is 0.418 e. The van der Waals surface area contributed by atoms with Crippen LogP contribution in [0.5, 0.6) is 0 Å². The fourth-order valence-corrected chi connectivity index (χ4v) is 11.4. The molecule has 2 unspecified atom stereocenters. The van der Waals surface area contributed by atoms with Crippen molar-refractivity contribution in [3.63, 3.8) is 0 Å². The van der Waals surface area contributed by atoms with Crippen molar-refractivity contribution in [2.45, 2.75) is 104 Å². The summed E-state index contributed by atoms with van der Waals surface area (Å²) in [4.78, 5) is 24.9. The van der Waals surface area contributed by atoms with Gasteiger partial charge in [-0.1, -0.05) is 77.8 Å². The van der Waals surface area contributed by atoms with E-state index in [1.165, 1.54) is 0 Å². The van der Waals surface area contributed by atoms with Gasteiger partial charge >= 0.3 is 11.9 Å². The van der Waals surface area contributed by atoms with Crippen LogP contribution in [-0.4, -0.2) is 28.1 Å². The lowest BCUT2D eigenvalue weighted by molar-refractivity contribution is -0.173. The minimum Gasteiger partial charge on any atom is -0.474 e. The molecule has 2 rings (SSSR count). The molecule has 190 valence electrons. The summed E-state index contributed by atoms with van der Waals surface area (Å²) >= 11 is 0. The average Bonchev–Trinajstić information content (AvgIpc) is 3.53. The highest BCUT2D eigenvalue weighted by Gasteiger charge is 2.35. The standard InChI is InChI=1S/C26H42O6Si2/c1-9-33(10-2,11-3)23-15-21(17-29-23)19(7)31-25(27)26(28)32-20(8)22-16-24(30-18-22)34(12-4,13-5)14-6/h15-20H,9-14H2,1-8H3. The first-order valence-electron chi connectivity index (χ1n) is 12.7. The predicted molar refractivity (Wildman–Crippen MR) is 140 cm³/mol. The first-order valence-corrected chi connectivity index (χ1v) is 18.0. The van der Waals surface area contributed by atoms with Crippen LogP contribution in [0.1, 0.15) is 78.7 Å². The molecule has 0 saturated heterocycles. The van der Waals surface area contributed by atoms with E-state index in [0.717, 1.165) is 58.2 Å². The third-order valence-electron chi connectivity index (χ3n) is 8.02. The molecule has 0 spiro atoms. The molecule has 0 fully saturated rings. The molecule has 0 aromatic carbocycles. The highest BCUT2D eigenvalue weighted by atomic mass is 28.3. The lowest BCUT2D eigenvalue weighted by Gasteiger charge is -2.24. The van der Waals surface area contributed by atoms with E-state index in [9.17, 15) is 9.59 Å². The maximum atomic E-state index is 12.4. The monoisotopic (exact) mass is 506 g/mol. The molecule has 0 radical (unpaired) electrons. The minimum atomic E-state index is -1.66. The van der Waals surface area contributed by atoms with E-state index < -0.39 is 40.3 Å². The van der Waals surface area contributed by atoms with E-state index in [4.69, 9.17) is 18.3 Å². The Bertz CT molecular complexity index is 846. The van der Waals surface area contributed by atoms with Crippen molar-refractivity contribution in [2.75, 3.05) is 0 Å². The minimum absolute atomic E-state index is 0.601. The molecule has 0 bridgehead atoms. The number of furan rings is 2. The van der Waals surface area contributed by atoms with Crippen LogP contribution in [0.15, 0.2) is 33.5 Å². The third kappa shape index (κ3) is 5.76. The highest BCUT2D eigenvalue weighted by Crippen LogP contribution is 2.26. The van der Waals surface area contributed by atoms with Gasteiger partial charge in [0.2, 0.25) is 0 Å². The van der Waals surface area contributed by atoms with Crippen LogP contribution < -0.4 is 10.8 Å². The summed E-state index contributed by atoms with van der Waals surface area (Å²) < 4.78 is 22.6. The number of ether oxygens (including phenoxy) is 2. The van der Waals surface area contributed by atoms with E-state index in [2.05, 4.69) is 41.5 Å². The second-order valence-electron chi connectivity index (χ2n) is 9.27. The molecule has 2 aromatic heterocycles. The molecule has 0 N–H and O–H groups in total. The van der Waals surface area contributed by atoms with Gasteiger partial charge in [-0.05, 0) is 26.0 Å². The van der Waals surface area contributed by atoms with E-state index in [-0.39, 0.29) is 0 Å². The SMILES string of the molecule is CC[Si](CC)(CC)c1cc(C(C)OC(=O)C(=O)OC(C)c2coc([Si](CC)(CC)CC)c2)co1. The van der Waals surface area contributed by atoms with E-state index in [1.54, 1.807) is 26.4 Å². The molecule has 6 nitrogen and oxygen atoms in total. The van der Waals surface area contributed by atoms with Gasteiger partial charge in [-0.25, -0.2) is 9.59 Å². The largest absolute Gasteiger partial charge is 0.474 e. The normalized spacial score (nSPS) is 14.0. The summed E-state index contributed by atoms with van der Waals surface area (Å²) in [6, 6.07) is 10.6. The van der Waals surface area contributed by atoms with Crippen LogP contribution in [0.2, 0.25) is 36.3 Å². The zero-order valence-electron chi connectivity index (χ0n) is 22.2. The fourth-order valence-electron chi connectivity index (χ4n) is 4.78. The van der Waals surface area contributed by atoms with Crippen LogP contribution in [0.25, 0.3) is 0 Å². The van der Waals surface area contributed by atoms with E-state index >= 15 is 0 Å². The number of carbonyl (C=O) groups is 2. The Hall–Kier alpha value is -2.07. The summed E-state index contributed by atoms with van der Waals surface area (Å²) in [6.07, 6.45) is 2.08. The number of hydrogen-bond acceptors (Lipinski definition) is 6. The second kappa shape index (κ2) is 12.1. The first kappa shape index (κ1) is 28.2. The Morgan fingerprint density at radius 3 is 1.24 bits per heavy atom. The van der Waals surface area contributed by atoms with Crippen molar-refractivity contribution in [1.82, 2.24) is 0 Å². The summed E-state index contributed by atoms with van der Waals surface area (Å²) in [5.74, 6) is -2.01. The molecule has 0 aliphatic rings. The van der Waals surface area contributed by atoms with Crippen LogP contribution in [0.4, 0.5) is 0 Å². The molecule has 8 heteroatoms. The number of carbonyl (C=O) groups excluding carboxylic acids is 2. The Labute approximate surface area is 206 Å². The molecular weight excluding hydrogens is 464 g/mol. The Balaban J connectivity index is 2.02. The lowest BCUT2D eigenvalue weighted by atomic mass is 10.2. The van der Waals surface area contributed by atoms with Crippen LogP contribution in [0, 0.1) is 0 Å². The molecule has 0 aliphatic heterocycles.